The van der Waals surface area contributed by atoms with E-state index in [2.05, 4.69) is 258 Å². The van der Waals surface area contributed by atoms with Crippen LogP contribution in [0.5, 0.6) is 0 Å². The van der Waals surface area contributed by atoms with Crippen LogP contribution in [0.1, 0.15) is 122 Å². The number of pyridine rings is 1. The van der Waals surface area contributed by atoms with Crippen molar-refractivity contribution >= 4 is 18.6 Å². The molecule has 5 aromatic carbocycles. The zero-order valence-corrected chi connectivity index (χ0v) is 48.0. The second-order valence-electron chi connectivity index (χ2n) is 19.5. The molecule has 0 atom stereocenters. The molecule has 406 valence electrons. The predicted octanol–water partition coefficient (Wildman–Crippen LogP) is 16.2. The Balaban J connectivity index is 1.19. The van der Waals surface area contributed by atoms with Crippen molar-refractivity contribution in [3.05, 3.63) is 279 Å². The first-order valence-electron chi connectivity index (χ1n) is 28.8. The molecule has 4 heteroatoms. The average Bonchev–Trinajstić information content (AvgIpc) is 3.55. The minimum absolute atomic E-state index is 0.694. The average molecular weight is 1060 g/mol. The van der Waals surface area contributed by atoms with Gasteiger partial charge in [-0.25, -0.2) is 4.57 Å². The Bertz CT molecular complexity index is 3390. The Morgan fingerprint density at radius 3 is 1.28 bits per heavy atom. The SMILES string of the molecule is C/C=C\C=C(/C=NCCCC#Cc1cc(C#CCCC[n+]2cccc(Cc3ccccc3)c2)c(C#CCCCN=C/C(=C\C=C/C)Cc2ccccc2)cc1C#CCCCN=C/C=C\C(=C/C)Cc1ccccc1)Cc1ccccc1. The van der Waals surface area contributed by atoms with Crippen LogP contribution in [-0.4, -0.2) is 38.3 Å². The van der Waals surface area contributed by atoms with Crippen LogP contribution in [0.25, 0.3) is 0 Å². The molecule has 6 aromatic rings. The minimum atomic E-state index is 0.694. The fraction of sp³-hybridized carbons (Fsp3) is 0.247. The number of nitrogens with zero attached hydrogens (tertiary/aromatic N) is 4. The van der Waals surface area contributed by atoms with Crippen LogP contribution in [0, 0.1) is 47.4 Å². The highest BCUT2D eigenvalue weighted by Gasteiger charge is 2.08. The summed E-state index contributed by atoms with van der Waals surface area (Å²) in [6, 6.07) is 50.8. The molecule has 0 aliphatic carbocycles. The Morgan fingerprint density at radius 1 is 0.432 bits per heavy atom. The van der Waals surface area contributed by atoms with E-state index in [0.717, 1.165) is 86.6 Å². The second-order valence-corrected chi connectivity index (χ2v) is 19.5. The van der Waals surface area contributed by atoms with Gasteiger partial charge >= 0.3 is 0 Å². The van der Waals surface area contributed by atoms with E-state index >= 15 is 0 Å². The third-order valence-electron chi connectivity index (χ3n) is 12.9. The lowest BCUT2D eigenvalue weighted by Gasteiger charge is -2.04. The summed E-state index contributed by atoms with van der Waals surface area (Å²) >= 11 is 0. The molecular formula is C77H79N4+. The van der Waals surface area contributed by atoms with Crippen LogP contribution < -0.4 is 4.57 Å². The van der Waals surface area contributed by atoms with Crippen LogP contribution in [0.2, 0.25) is 0 Å². The van der Waals surface area contributed by atoms with Crippen molar-refractivity contribution < 1.29 is 4.57 Å². The number of hydrogen-bond acceptors (Lipinski definition) is 3. The van der Waals surface area contributed by atoms with E-state index in [1.165, 1.54) is 44.5 Å². The van der Waals surface area contributed by atoms with Crippen LogP contribution >= 0.6 is 0 Å². The van der Waals surface area contributed by atoms with Gasteiger partial charge in [-0.1, -0.05) is 217 Å². The summed E-state index contributed by atoms with van der Waals surface area (Å²) in [4.78, 5) is 14.3. The van der Waals surface area contributed by atoms with Crippen molar-refractivity contribution in [2.75, 3.05) is 19.6 Å². The Hall–Kier alpha value is -9.06. The summed E-state index contributed by atoms with van der Waals surface area (Å²) in [5.74, 6) is 28.0. The molecule has 0 unspecified atom stereocenters. The van der Waals surface area contributed by atoms with E-state index in [9.17, 15) is 0 Å². The first-order valence-corrected chi connectivity index (χ1v) is 28.8. The summed E-state index contributed by atoms with van der Waals surface area (Å²) in [6.45, 7) is 9.12. The lowest BCUT2D eigenvalue weighted by molar-refractivity contribution is -0.697. The zero-order chi connectivity index (χ0) is 56.5. The molecule has 0 radical (unpaired) electrons. The maximum atomic E-state index is 4.81. The van der Waals surface area contributed by atoms with Gasteiger partial charge in [0.2, 0.25) is 0 Å². The molecule has 0 aliphatic rings. The van der Waals surface area contributed by atoms with E-state index in [4.69, 9.17) is 9.98 Å². The summed E-state index contributed by atoms with van der Waals surface area (Å²) in [5, 5.41) is 0. The van der Waals surface area contributed by atoms with Crippen LogP contribution in [0.3, 0.4) is 0 Å². The Morgan fingerprint density at radius 2 is 0.840 bits per heavy atom. The van der Waals surface area contributed by atoms with Crippen molar-refractivity contribution in [2.24, 2.45) is 15.0 Å². The molecule has 0 bridgehead atoms. The molecule has 0 amide bonds. The second kappa shape index (κ2) is 38.5. The molecule has 1 aromatic heterocycles. The minimum Gasteiger partial charge on any atom is -0.293 e. The monoisotopic (exact) mass is 1060 g/mol. The number of aryl methyl sites for hydroxylation is 1. The molecule has 0 saturated heterocycles. The number of rotatable bonds is 26. The maximum absolute atomic E-state index is 4.81. The number of hydrogen-bond donors (Lipinski definition) is 0. The molecule has 81 heavy (non-hydrogen) atoms. The normalized spacial score (nSPS) is 12.0. The molecule has 0 N–H and O–H groups in total. The predicted molar refractivity (Wildman–Crippen MR) is 346 cm³/mol. The lowest BCUT2D eigenvalue weighted by Crippen LogP contribution is -2.33. The highest BCUT2D eigenvalue weighted by Crippen LogP contribution is 2.17. The number of unbranched alkanes of at least 4 members (excludes halogenated alkanes) is 4. The van der Waals surface area contributed by atoms with Crippen molar-refractivity contribution in [2.45, 2.75) is 104 Å². The van der Waals surface area contributed by atoms with Crippen LogP contribution in [0.4, 0.5) is 0 Å². The summed E-state index contributed by atoms with van der Waals surface area (Å²) < 4.78 is 2.28. The molecule has 1 heterocycles. The van der Waals surface area contributed by atoms with Gasteiger partial charge in [0.05, 0.1) is 0 Å². The summed E-state index contributed by atoms with van der Waals surface area (Å²) in [6.07, 6.45) is 39.0. The van der Waals surface area contributed by atoms with Crippen molar-refractivity contribution in [1.82, 2.24) is 0 Å². The molecule has 6 rings (SSSR count). The van der Waals surface area contributed by atoms with Crippen molar-refractivity contribution in [3.8, 4) is 47.4 Å². The number of aromatic nitrogens is 1. The smallest absolute Gasteiger partial charge is 0.172 e. The van der Waals surface area contributed by atoms with Crippen molar-refractivity contribution in [3.63, 3.8) is 0 Å². The van der Waals surface area contributed by atoms with Crippen LogP contribution in [-0.2, 0) is 32.2 Å². The van der Waals surface area contributed by atoms with Gasteiger partial charge in [0.25, 0.3) is 0 Å². The van der Waals surface area contributed by atoms with Gasteiger partial charge in [-0.05, 0) is 123 Å². The van der Waals surface area contributed by atoms with Gasteiger partial charge in [-0.3, -0.25) is 15.0 Å². The van der Waals surface area contributed by atoms with E-state index < -0.39 is 0 Å². The Kier molecular flexibility index (Phi) is 29.1. The first-order chi connectivity index (χ1) is 40.1. The van der Waals surface area contributed by atoms with Gasteiger partial charge in [-0.2, -0.15) is 0 Å². The quantitative estimate of drug-likeness (QED) is 0.0171. The van der Waals surface area contributed by atoms with Gasteiger partial charge < -0.3 is 0 Å². The standard InChI is InChI=1S/C77H79N4/c1-4-7-35-71(58-68-39-19-10-20-40-68)63-79-52-30-14-26-48-75-62-77(50-28-16-32-55-81-56-34-46-73(65-81)60-70-43-23-12-24-44-70)76(49-27-15-31-53-80-64-72(36-8-5-2)59-69-41-21-11-22-42-69)61-74(75)47-25-13-29-51-78-54-33-45-66(6-3)57-67-37-17-9-18-38-67/h4-12,17-24,33-46,54,56,61-65H,13-16,29-32,51-53,55,57-60H2,1-3H3/q+1/b7-4-,8-5-,45-33-,66-6+,71-35-,72-36-,78-54?,79-63?,80-64?. The van der Waals surface area contributed by atoms with Crippen molar-refractivity contribution in [1.29, 1.82) is 0 Å². The van der Waals surface area contributed by atoms with E-state index in [1.54, 1.807) is 0 Å². The molecule has 0 aliphatic heterocycles. The van der Waals surface area contributed by atoms with Gasteiger partial charge in [0.1, 0.15) is 6.54 Å². The number of aliphatic imine (C=N–C) groups is 3. The fourth-order valence-corrected chi connectivity index (χ4v) is 8.57. The molecular weight excluding hydrogens is 981 g/mol. The molecule has 4 nitrogen and oxygen atoms in total. The molecule has 0 fully saturated rings. The summed E-state index contributed by atoms with van der Waals surface area (Å²) in [5.41, 5.74) is 13.5. The maximum Gasteiger partial charge on any atom is 0.172 e. The lowest BCUT2D eigenvalue weighted by atomic mass is 9.98. The molecule has 0 spiro atoms. The van der Waals surface area contributed by atoms with Gasteiger partial charge in [0, 0.05) is 111 Å². The number of benzene rings is 5. The van der Waals surface area contributed by atoms with Gasteiger partial charge in [0.15, 0.2) is 12.4 Å². The third kappa shape index (κ3) is 25.5. The highest BCUT2D eigenvalue weighted by atomic mass is 14.9. The third-order valence-corrected chi connectivity index (χ3v) is 12.9. The highest BCUT2D eigenvalue weighted by molar-refractivity contribution is 5.80. The molecule has 0 saturated carbocycles. The van der Waals surface area contributed by atoms with E-state index in [1.807, 2.05) is 50.7 Å². The fourth-order valence-electron chi connectivity index (χ4n) is 8.57. The number of allylic oxidation sites excluding steroid dienone is 12. The van der Waals surface area contributed by atoms with Gasteiger partial charge in [-0.15, -0.1) is 0 Å². The summed E-state index contributed by atoms with van der Waals surface area (Å²) in [7, 11) is 0. The topological polar surface area (TPSA) is 41.0 Å². The van der Waals surface area contributed by atoms with Crippen LogP contribution in [0.15, 0.2) is 244 Å². The first kappa shape index (κ1) is 61.2. The Labute approximate surface area is 486 Å². The largest absolute Gasteiger partial charge is 0.293 e. The van der Waals surface area contributed by atoms with E-state index in [-0.39, 0.29) is 0 Å². The van der Waals surface area contributed by atoms with E-state index in [0.29, 0.717) is 38.9 Å². The zero-order valence-electron chi connectivity index (χ0n) is 48.0.